The third kappa shape index (κ3) is 3.33. The number of anilines is 1. The summed E-state index contributed by atoms with van der Waals surface area (Å²) >= 11 is 0. The number of hydrogen-bond donors (Lipinski definition) is 2. The smallest absolute Gasteiger partial charge is 0.321 e. The molecule has 1 unspecified atom stereocenters. The zero-order valence-electron chi connectivity index (χ0n) is 8.79. The molecule has 1 heterocycles. The maximum Gasteiger partial charge on any atom is 0.321 e. The third-order valence-corrected chi connectivity index (χ3v) is 2.05. The van der Waals surface area contributed by atoms with E-state index in [0.29, 0.717) is 18.4 Å². The van der Waals surface area contributed by atoms with Crippen molar-refractivity contribution in [3.8, 4) is 0 Å². The van der Waals surface area contributed by atoms with Gasteiger partial charge in [0.1, 0.15) is 0 Å². The Morgan fingerprint density at radius 1 is 1.57 bits per heavy atom. The molecule has 0 aromatic carbocycles. The summed E-state index contributed by atoms with van der Waals surface area (Å²) in [6.07, 6.45) is 3.36. The van der Waals surface area contributed by atoms with Gasteiger partial charge >= 0.3 is 6.01 Å². The van der Waals surface area contributed by atoms with Gasteiger partial charge in [-0.2, -0.15) is 4.98 Å². The topological polar surface area (TPSA) is 77.0 Å². The molecule has 0 saturated carbocycles. The second-order valence-electron chi connectivity index (χ2n) is 3.37. The number of unbranched alkanes of at least 4 members (excludes halogenated alkanes) is 1. The zero-order chi connectivity index (χ0) is 10.4. The molecule has 5 nitrogen and oxygen atoms in total. The van der Waals surface area contributed by atoms with E-state index < -0.39 is 0 Å². The average molecular weight is 198 g/mol. The van der Waals surface area contributed by atoms with E-state index in [9.17, 15) is 0 Å². The number of aromatic nitrogens is 2. The summed E-state index contributed by atoms with van der Waals surface area (Å²) in [5.41, 5.74) is 5.62. The molecule has 14 heavy (non-hydrogen) atoms. The number of nitrogens with zero attached hydrogens (tertiary/aromatic N) is 2. The molecule has 1 rings (SSSR count). The van der Waals surface area contributed by atoms with Gasteiger partial charge in [0, 0.05) is 12.6 Å². The molecule has 0 radical (unpaired) electrons. The lowest BCUT2D eigenvalue weighted by molar-refractivity contribution is 0.419. The standard InChI is InChI=1S/C9H18N4O/c1-3-4-5-8(6-10)12-9-11-7(2)13-14-9/h8H,3-6,10H2,1-2H3,(H,11,12,13). The fourth-order valence-corrected chi connectivity index (χ4v) is 1.23. The van der Waals surface area contributed by atoms with Crippen LogP contribution in [0, 0.1) is 6.92 Å². The average Bonchev–Trinajstić information content (AvgIpc) is 2.58. The minimum atomic E-state index is 0.231. The molecule has 3 N–H and O–H groups in total. The summed E-state index contributed by atoms with van der Waals surface area (Å²) in [5, 5.41) is 6.81. The van der Waals surface area contributed by atoms with Crippen LogP contribution in [-0.4, -0.2) is 22.7 Å². The molecule has 0 amide bonds. The highest BCUT2D eigenvalue weighted by Crippen LogP contribution is 2.08. The minimum Gasteiger partial charge on any atom is -0.334 e. The summed E-state index contributed by atoms with van der Waals surface area (Å²) in [4.78, 5) is 4.06. The van der Waals surface area contributed by atoms with Gasteiger partial charge in [-0.25, -0.2) is 0 Å². The Hall–Kier alpha value is -1.10. The van der Waals surface area contributed by atoms with Crippen LogP contribution in [0.25, 0.3) is 0 Å². The van der Waals surface area contributed by atoms with Crippen LogP contribution >= 0.6 is 0 Å². The summed E-state index contributed by atoms with van der Waals surface area (Å²) < 4.78 is 4.95. The molecule has 1 atom stereocenters. The van der Waals surface area contributed by atoms with Crippen LogP contribution < -0.4 is 11.1 Å². The quantitative estimate of drug-likeness (QED) is 0.720. The molecule has 0 aliphatic heterocycles. The van der Waals surface area contributed by atoms with Crippen molar-refractivity contribution in [3.05, 3.63) is 5.82 Å². The maximum absolute atomic E-state index is 5.62. The lowest BCUT2D eigenvalue weighted by atomic mass is 10.1. The van der Waals surface area contributed by atoms with Gasteiger partial charge < -0.3 is 15.6 Å². The predicted molar refractivity (Wildman–Crippen MR) is 55.0 cm³/mol. The highest BCUT2D eigenvalue weighted by molar-refractivity contribution is 5.20. The van der Waals surface area contributed by atoms with Crippen molar-refractivity contribution in [3.63, 3.8) is 0 Å². The largest absolute Gasteiger partial charge is 0.334 e. The second kappa shape index (κ2) is 5.59. The molecule has 0 aliphatic carbocycles. The van der Waals surface area contributed by atoms with Crippen molar-refractivity contribution in [2.45, 2.75) is 39.2 Å². The van der Waals surface area contributed by atoms with Crippen molar-refractivity contribution in [2.75, 3.05) is 11.9 Å². The summed E-state index contributed by atoms with van der Waals surface area (Å²) in [5.74, 6) is 0.638. The first-order chi connectivity index (χ1) is 6.76. The number of aryl methyl sites for hydroxylation is 1. The van der Waals surface area contributed by atoms with E-state index >= 15 is 0 Å². The van der Waals surface area contributed by atoms with Crippen molar-refractivity contribution < 1.29 is 4.52 Å². The van der Waals surface area contributed by atoms with Gasteiger partial charge in [-0.3, -0.25) is 0 Å². The Bertz CT molecular complexity index is 261. The Morgan fingerprint density at radius 3 is 2.86 bits per heavy atom. The lowest BCUT2D eigenvalue weighted by Gasteiger charge is -2.13. The van der Waals surface area contributed by atoms with E-state index in [2.05, 4.69) is 22.4 Å². The van der Waals surface area contributed by atoms with Gasteiger partial charge in [-0.1, -0.05) is 24.9 Å². The van der Waals surface area contributed by atoms with Gasteiger partial charge in [-0.05, 0) is 13.3 Å². The van der Waals surface area contributed by atoms with E-state index in [-0.39, 0.29) is 6.04 Å². The van der Waals surface area contributed by atoms with Crippen molar-refractivity contribution in [2.24, 2.45) is 5.73 Å². The predicted octanol–water partition coefficient (Wildman–Crippen LogP) is 1.31. The Balaban J connectivity index is 2.40. The van der Waals surface area contributed by atoms with E-state index in [0.717, 1.165) is 12.8 Å². The lowest BCUT2D eigenvalue weighted by Crippen LogP contribution is -2.28. The first kappa shape index (κ1) is 11.0. The highest BCUT2D eigenvalue weighted by Gasteiger charge is 2.09. The van der Waals surface area contributed by atoms with Crippen LogP contribution in [0.15, 0.2) is 4.52 Å². The van der Waals surface area contributed by atoms with Crippen LogP contribution in [0.2, 0.25) is 0 Å². The first-order valence-electron chi connectivity index (χ1n) is 5.03. The first-order valence-corrected chi connectivity index (χ1v) is 5.03. The fourth-order valence-electron chi connectivity index (χ4n) is 1.23. The van der Waals surface area contributed by atoms with Crippen LogP contribution in [-0.2, 0) is 0 Å². The molecule has 0 spiro atoms. The van der Waals surface area contributed by atoms with Crippen LogP contribution in [0.1, 0.15) is 32.0 Å². The van der Waals surface area contributed by atoms with Gasteiger partial charge in [-0.15, -0.1) is 0 Å². The van der Waals surface area contributed by atoms with E-state index in [1.165, 1.54) is 6.42 Å². The van der Waals surface area contributed by atoms with E-state index in [4.69, 9.17) is 10.3 Å². The Kier molecular flexibility index (Phi) is 4.39. The van der Waals surface area contributed by atoms with Crippen molar-refractivity contribution in [1.82, 2.24) is 10.1 Å². The fraction of sp³-hybridized carbons (Fsp3) is 0.778. The molecule has 0 bridgehead atoms. The third-order valence-electron chi connectivity index (χ3n) is 2.05. The molecule has 1 aromatic heterocycles. The molecule has 1 aromatic rings. The Morgan fingerprint density at radius 2 is 2.36 bits per heavy atom. The second-order valence-corrected chi connectivity index (χ2v) is 3.37. The molecule has 5 heteroatoms. The number of rotatable bonds is 6. The van der Waals surface area contributed by atoms with Crippen LogP contribution in [0.4, 0.5) is 6.01 Å². The van der Waals surface area contributed by atoms with E-state index in [1.54, 1.807) is 6.92 Å². The zero-order valence-corrected chi connectivity index (χ0v) is 8.79. The van der Waals surface area contributed by atoms with Crippen LogP contribution in [0.5, 0.6) is 0 Å². The molecule has 0 fully saturated rings. The number of nitrogens with two attached hydrogens (primary N) is 1. The van der Waals surface area contributed by atoms with Gasteiger partial charge in [0.05, 0.1) is 0 Å². The van der Waals surface area contributed by atoms with Crippen LogP contribution in [0.3, 0.4) is 0 Å². The van der Waals surface area contributed by atoms with Gasteiger partial charge in [0.15, 0.2) is 5.82 Å². The van der Waals surface area contributed by atoms with Crippen molar-refractivity contribution in [1.29, 1.82) is 0 Å². The molecule has 80 valence electrons. The van der Waals surface area contributed by atoms with E-state index in [1.807, 2.05) is 0 Å². The molecular formula is C9H18N4O. The highest BCUT2D eigenvalue weighted by atomic mass is 16.5. The SMILES string of the molecule is CCCCC(CN)Nc1nc(C)no1. The molecule has 0 saturated heterocycles. The van der Waals surface area contributed by atoms with Gasteiger partial charge in [0.25, 0.3) is 0 Å². The summed E-state index contributed by atoms with van der Waals surface area (Å²) in [6.45, 7) is 4.53. The van der Waals surface area contributed by atoms with Gasteiger partial charge in [0.2, 0.25) is 0 Å². The maximum atomic E-state index is 5.62. The number of hydrogen-bond acceptors (Lipinski definition) is 5. The number of nitrogens with one attached hydrogen (secondary N) is 1. The Labute approximate surface area is 84.1 Å². The van der Waals surface area contributed by atoms with Crippen molar-refractivity contribution >= 4 is 6.01 Å². The monoisotopic (exact) mass is 198 g/mol. The molecular weight excluding hydrogens is 180 g/mol. The summed E-state index contributed by atoms with van der Waals surface area (Å²) in [7, 11) is 0. The summed E-state index contributed by atoms with van der Waals surface area (Å²) in [6, 6.07) is 0.698. The molecule has 0 aliphatic rings. The normalized spacial score (nSPS) is 12.8. The minimum absolute atomic E-state index is 0.231.